The number of carbonyl (C=O) groups excluding carboxylic acids is 1. The first kappa shape index (κ1) is 11.9. The smallest absolute Gasteiger partial charge is 0.269 e. The molecule has 2 heterocycles. The summed E-state index contributed by atoms with van der Waals surface area (Å²) in [6, 6.07) is 0. The molecule has 0 fully saturated rings. The highest BCUT2D eigenvalue weighted by Gasteiger charge is 2.23. The molecule has 0 unspecified atom stereocenters. The molecule has 2 N–H and O–H groups in total. The quantitative estimate of drug-likeness (QED) is 0.825. The summed E-state index contributed by atoms with van der Waals surface area (Å²) >= 11 is 0. The molecule has 2 rings (SSSR count). The summed E-state index contributed by atoms with van der Waals surface area (Å²) in [6.45, 7) is 6.57. The maximum absolute atomic E-state index is 11.4. The summed E-state index contributed by atoms with van der Waals surface area (Å²) < 4.78 is 2.09. The topological polar surface area (TPSA) is 64.1 Å². The standard InChI is InChI=1S/C12H18N4O/c1-8(2)6-10-14-11(12(13)17)9-7-15(3)4-5-16(9)10/h6H,4-5,7H2,1-3H3,(H2,13,17). The Bertz CT molecular complexity index is 483. The normalized spacial score (nSPS) is 15.5. The number of rotatable bonds is 2. The highest BCUT2D eigenvalue weighted by atomic mass is 16.1. The van der Waals surface area contributed by atoms with Crippen LogP contribution in [0.4, 0.5) is 0 Å². The number of nitrogens with two attached hydrogens (primary N) is 1. The van der Waals surface area contributed by atoms with E-state index >= 15 is 0 Å². The van der Waals surface area contributed by atoms with Gasteiger partial charge in [-0.25, -0.2) is 4.98 Å². The molecule has 0 saturated carbocycles. The van der Waals surface area contributed by atoms with Crippen LogP contribution in [0.25, 0.3) is 6.08 Å². The lowest BCUT2D eigenvalue weighted by Gasteiger charge is -2.25. The second-order valence-corrected chi connectivity index (χ2v) is 4.74. The van der Waals surface area contributed by atoms with E-state index in [-0.39, 0.29) is 0 Å². The van der Waals surface area contributed by atoms with Gasteiger partial charge in [-0.05, 0) is 27.0 Å². The summed E-state index contributed by atoms with van der Waals surface area (Å²) in [4.78, 5) is 17.9. The fraction of sp³-hybridized carbons (Fsp3) is 0.500. The Hall–Kier alpha value is -1.62. The summed E-state index contributed by atoms with van der Waals surface area (Å²) in [5, 5.41) is 0. The second-order valence-electron chi connectivity index (χ2n) is 4.74. The van der Waals surface area contributed by atoms with E-state index in [1.807, 2.05) is 27.0 Å². The van der Waals surface area contributed by atoms with Gasteiger partial charge in [-0.1, -0.05) is 5.57 Å². The second kappa shape index (κ2) is 4.33. The molecule has 0 aliphatic carbocycles. The molecule has 1 aromatic heterocycles. The van der Waals surface area contributed by atoms with Gasteiger partial charge in [0.25, 0.3) is 5.91 Å². The molecule has 0 bridgehead atoms. The number of allylic oxidation sites excluding steroid dienone is 1. The van der Waals surface area contributed by atoms with Gasteiger partial charge in [0, 0.05) is 19.6 Å². The summed E-state index contributed by atoms with van der Waals surface area (Å²) in [5.41, 5.74) is 7.87. The summed E-state index contributed by atoms with van der Waals surface area (Å²) in [7, 11) is 2.03. The number of fused-ring (bicyclic) bond motifs is 1. The van der Waals surface area contributed by atoms with E-state index < -0.39 is 5.91 Å². The van der Waals surface area contributed by atoms with Crippen LogP contribution in [0.5, 0.6) is 0 Å². The van der Waals surface area contributed by atoms with Crippen LogP contribution in [0.1, 0.15) is 35.9 Å². The van der Waals surface area contributed by atoms with Crippen LogP contribution in [0.2, 0.25) is 0 Å². The van der Waals surface area contributed by atoms with E-state index in [0.717, 1.165) is 36.7 Å². The zero-order valence-corrected chi connectivity index (χ0v) is 10.5. The Balaban J connectivity index is 2.53. The molecule has 92 valence electrons. The van der Waals surface area contributed by atoms with Gasteiger partial charge < -0.3 is 10.3 Å². The van der Waals surface area contributed by atoms with Crippen molar-refractivity contribution < 1.29 is 4.79 Å². The van der Waals surface area contributed by atoms with Gasteiger partial charge in [-0.15, -0.1) is 0 Å². The Morgan fingerprint density at radius 1 is 1.41 bits per heavy atom. The number of carbonyl (C=O) groups is 1. The molecule has 17 heavy (non-hydrogen) atoms. The fourth-order valence-corrected chi connectivity index (χ4v) is 2.09. The molecule has 5 heteroatoms. The molecule has 0 aromatic carbocycles. The number of hydrogen-bond acceptors (Lipinski definition) is 3. The lowest BCUT2D eigenvalue weighted by atomic mass is 10.2. The number of primary amides is 1. The largest absolute Gasteiger partial charge is 0.364 e. The van der Waals surface area contributed by atoms with E-state index in [4.69, 9.17) is 5.73 Å². The zero-order chi connectivity index (χ0) is 12.6. The van der Waals surface area contributed by atoms with Crippen molar-refractivity contribution in [2.45, 2.75) is 26.9 Å². The first-order valence-electron chi connectivity index (χ1n) is 5.71. The third kappa shape index (κ3) is 2.24. The number of imidazole rings is 1. The molecule has 0 saturated heterocycles. The minimum absolute atomic E-state index is 0.407. The van der Waals surface area contributed by atoms with E-state index in [1.54, 1.807) is 0 Å². The Morgan fingerprint density at radius 2 is 2.12 bits per heavy atom. The highest BCUT2D eigenvalue weighted by molar-refractivity contribution is 5.92. The van der Waals surface area contributed by atoms with Gasteiger partial charge in [-0.3, -0.25) is 9.69 Å². The Morgan fingerprint density at radius 3 is 2.71 bits per heavy atom. The lowest BCUT2D eigenvalue weighted by molar-refractivity contribution is 0.0993. The van der Waals surface area contributed by atoms with Gasteiger partial charge in [0.15, 0.2) is 5.69 Å². The van der Waals surface area contributed by atoms with Gasteiger partial charge in [0.05, 0.1) is 5.69 Å². The van der Waals surface area contributed by atoms with Crippen LogP contribution in [0, 0.1) is 0 Å². The fourth-order valence-electron chi connectivity index (χ4n) is 2.09. The molecule has 1 amide bonds. The first-order chi connectivity index (χ1) is 7.99. The average molecular weight is 234 g/mol. The first-order valence-corrected chi connectivity index (χ1v) is 5.71. The van der Waals surface area contributed by atoms with Crippen LogP contribution in [-0.2, 0) is 13.1 Å². The predicted molar refractivity (Wildman–Crippen MR) is 66.4 cm³/mol. The Kier molecular flexibility index (Phi) is 3.02. The van der Waals surface area contributed by atoms with Crippen molar-refractivity contribution in [2.24, 2.45) is 5.73 Å². The molecular weight excluding hydrogens is 216 g/mol. The van der Waals surface area contributed by atoms with Crippen LogP contribution < -0.4 is 5.73 Å². The zero-order valence-electron chi connectivity index (χ0n) is 10.5. The minimum atomic E-state index is -0.447. The molecule has 1 aromatic rings. The lowest BCUT2D eigenvalue weighted by Crippen LogP contribution is -2.32. The maximum atomic E-state index is 11.4. The van der Waals surface area contributed by atoms with Gasteiger partial charge >= 0.3 is 0 Å². The predicted octanol–water partition coefficient (Wildman–Crippen LogP) is 0.851. The number of aromatic nitrogens is 2. The van der Waals surface area contributed by atoms with Crippen LogP contribution >= 0.6 is 0 Å². The molecule has 0 spiro atoms. The maximum Gasteiger partial charge on any atom is 0.269 e. The van der Waals surface area contributed by atoms with Gasteiger partial charge in [0.1, 0.15) is 5.82 Å². The minimum Gasteiger partial charge on any atom is -0.364 e. The number of hydrogen-bond donors (Lipinski definition) is 1. The van der Waals surface area contributed by atoms with Crippen LogP contribution in [0.3, 0.4) is 0 Å². The van der Waals surface area contributed by atoms with Crippen molar-refractivity contribution in [1.82, 2.24) is 14.5 Å². The molecule has 0 atom stereocenters. The average Bonchev–Trinajstić information content (AvgIpc) is 2.55. The molecule has 0 radical (unpaired) electrons. The van der Waals surface area contributed by atoms with Crippen LogP contribution in [0.15, 0.2) is 5.57 Å². The van der Waals surface area contributed by atoms with E-state index in [0.29, 0.717) is 5.69 Å². The van der Waals surface area contributed by atoms with Gasteiger partial charge in [-0.2, -0.15) is 0 Å². The molecule has 1 aliphatic heterocycles. The summed E-state index contributed by atoms with van der Waals surface area (Å²) in [6.07, 6.45) is 1.99. The SMILES string of the molecule is CC(C)=Cc1nc(C(N)=O)c2n1CCN(C)C2. The van der Waals surface area contributed by atoms with E-state index in [1.165, 1.54) is 0 Å². The van der Waals surface area contributed by atoms with Crippen molar-refractivity contribution in [1.29, 1.82) is 0 Å². The van der Waals surface area contributed by atoms with Crippen molar-refractivity contribution in [3.63, 3.8) is 0 Å². The highest BCUT2D eigenvalue weighted by Crippen LogP contribution is 2.19. The third-order valence-electron chi connectivity index (χ3n) is 2.88. The van der Waals surface area contributed by atoms with Gasteiger partial charge in [0.2, 0.25) is 0 Å². The van der Waals surface area contributed by atoms with E-state index in [2.05, 4.69) is 14.5 Å². The number of amides is 1. The van der Waals surface area contributed by atoms with Crippen molar-refractivity contribution >= 4 is 12.0 Å². The molecule has 1 aliphatic rings. The third-order valence-corrected chi connectivity index (χ3v) is 2.88. The van der Waals surface area contributed by atoms with Crippen molar-refractivity contribution in [3.05, 3.63) is 22.8 Å². The Labute approximate surface area is 101 Å². The van der Waals surface area contributed by atoms with Crippen molar-refractivity contribution in [2.75, 3.05) is 13.6 Å². The summed E-state index contributed by atoms with van der Waals surface area (Å²) in [5.74, 6) is 0.388. The van der Waals surface area contributed by atoms with E-state index in [9.17, 15) is 4.79 Å². The monoisotopic (exact) mass is 234 g/mol. The molecule has 5 nitrogen and oxygen atoms in total. The molecular formula is C12H18N4O. The van der Waals surface area contributed by atoms with Crippen LogP contribution in [-0.4, -0.2) is 34.0 Å². The number of likely N-dealkylation sites (N-methyl/N-ethyl adjacent to an activating group) is 1. The number of nitrogens with zero attached hydrogens (tertiary/aromatic N) is 3. The van der Waals surface area contributed by atoms with Crippen molar-refractivity contribution in [3.8, 4) is 0 Å².